The maximum atomic E-state index is 13.0. The number of halogens is 1. The van der Waals surface area contributed by atoms with Crippen molar-refractivity contribution in [1.82, 2.24) is 5.32 Å². The summed E-state index contributed by atoms with van der Waals surface area (Å²) in [6.45, 7) is 0.498. The van der Waals surface area contributed by atoms with E-state index in [-0.39, 0.29) is 11.7 Å². The van der Waals surface area contributed by atoms with Crippen molar-refractivity contribution in [2.45, 2.75) is 6.42 Å². The molecule has 25 heavy (non-hydrogen) atoms. The van der Waals surface area contributed by atoms with Crippen molar-refractivity contribution in [3.05, 3.63) is 93.4 Å². The van der Waals surface area contributed by atoms with E-state index >= 15 is 0 Å². The number of ketones is 1. The van der Waals surface area contributed by atoms with Crippen LogP contribution in [0.3, 0.4) is 0 Å². The van der Waals surface area contributed by atoms with Gasteiger partial charge in [-0.15, -0.1) is 11.3 Å². The molecule has 126 valence electrons. The maximum Gasteiger partial charge on any atom is 0.252 e. The summed E-state index contributed by atoms with van der Waals surface area (Å²) in [7, 11) is 0. The lowest BCUT2D eigenvalue weighted by Crippen LogP contribution is -2.27. The van der Waals surface area contributed by atoms with E-state index in [1.807, 2.05) is 17.5 Å². The fourth-order valence-corrected chi connectivity index (χ4v) is 3.19. The molecule has 1 amide bonds. The highest BCUT2D eigenvalue weighted by atomic mass is 32.1. The van der Waals surface area contributed by atoms with Gasteiger partial charge in [0, 0.05) is 22.5 Å². The largest absolute Gasteiger partial charge is 0.352 e. The Kier molecular flexibility index (Phi) is 5.36. The summed E-state index contributed by atoms with van der Waals surface area (Å²) in [5.41, 5.74) is 0.978. The topological polar surface area (TPSA) is 46.2 Å². The van der Waals surface area contributed by atoms with Crippen LogP contribution in [-0.2, 0) is 6.42 Å². The van der Waals surface area contributed by atoms with Gasteiger partial charge in [0.2, 0.25) is 0 Å². The predicted molar refractivity (Wildman–Crippen MR) is 96.6 cm³/mol. The van der Waals surface area contributed by atoms with E-state index in [1.165, 1.54) is 29.1 Å². The molecular weight excluding hydrogens is 337 g/mol. The molecule has 3 nitrogen and oxygen atoms in total. The minimum atomic E-state index is -0.406. The molecule has 3 aromatic rings. The SMILES string of the molecule is O=C(NCCc1cccs1)c1ccccc1C(=O)c1ccc(F)cc1. The highest BCUT2D eigenvalue weighted by Gasteiger charge is 2.17. The Morgan fingerprint density at radius 2 is 1.64 bits per heavy atom. The average molecular weight is 353 g/mol. The van der Waals surface area contributed by atoms with Gasteiger partial charge in [-0.3, -0.25) is 9.59 Å². The molecule has 0 aliphatic carbocycles. The molecule has 0 fully saturated rings. The lowest BCUT2D eigenvalue weighted by molar-refractivity contribution is 0.0942. The number of hydrogen-bond acceptors (Lipinski definition) is 3. The molecular formula is C20H16FNO2S. The fraction of sp³-hybridized carbons (Fsp3) is 0.100. The van der Waals surface area contributed by atoms with Crippen LogP contribution in [0.5, 0.6) is 0 Å². The van der Waals surface area contributed by atoms with Gasteiger partial charge in [0.25, 0.3) is 5.91 Å². The van der Waals surface area contributed by atoms with E-state index in [0.717, 1.165) is 6.42 Å². The van der Waals surface area contributed by atoms with Gasteiger partial charge >= 0.3 is 0 Å². The van der Waals surface area contributed by atoms with Crippen LogP contribution in [0.2, 0.25) is 0 Å². The maximum absolute atomic E-state index is 13.0. The van der Waals surface area contributed by atoms with E-state index in [1.54, 1.807) is 35.6 Å². The Balaban J connectivity index is 1.74. The van der Waals surface area contributed by atoms with Gasteiger partial charge in [-0.1, -0.05) is 24.3 Å². The van der Waals surface area contributed by atoms with E-state index < -0.39 is 5.82 Å². The quantitative estimate of drug-likeness (QED) is 0.679. The van der Waals surface area contributed by atoms with Crippen molar-refractivity contribution >= 4 is 23.0 Å². The second-order valence-electron chi connectivity index (χ2n) is 5.47. The normalized spacial score (nSPS) is 10.4. The third kappa shape index (κ3) is 4.19. The van der Waals surface area contributed by atoms with Gasteiger partial charge < -0.3 is 5.32 Å². The summed E-state index contributed by atoms with van der Waals surface area (Å²) in [5, 5.41) is 4.84. The number of nitrogens with one attached hydrogen (secondary N) is 1. The number of benzene rings is 2. The molecule has 0 spiro atoms. The molecule has 0 unspecified atom stereocenters. The first-order chi connectivity index (χ1) is 12.1. The zero-order valence-corrected chi connectivity index (χ0v) is 14.2. The van der Waals surface area contributed by atoms with Crippen LogP contribution >= 0.6 is 11.3 Å². The second kappa shape index (κ2) is 7.85. The van der Waals surface area contributed by atoms with E-state index in [0.29, 0.717) is 23.2 Å². The highest BCUT2D eigenvalue weighted by molar-refractivity contribution is 7.09. The number of carbonyl (C=O) groups is 2. The molecule has 5 heteroatoms. The van der Waals surface area contributed by atoms with Crippen molar-refractivity contribution in [1.29, 1.82) is 0 Å². The van der Waals surface area contributed by atoms with Gasteiger partial charge in [-0.2, -0.15) is 0 Å². The standard InChI is InChI=1S/C20H16FNO2S/c21-15-9-7-14(8-10-15)19(23)17-5-1-2-6-18(17)20(24)22-12-11-16-4-3-13-25-16/h1-10,13H,11-12H2,(H,22,24). The van der Waals surface area contributed by atoms with Crippen LogP contribution in [0, 0.1) is 5.82 Å². The lowest BCUT2D eigenvalue weighted by atomic mass is 9.98. The molecule has 0 bridgehead atoms. The molecule has 1 aromatic heterocycles. The summed E-state index contributed by atoms with van der Waals surface area (Å²) < 4.78 is 13.0. The van der Waals surface area contributed by atoms with Gasteiger partial charge in [-0.25, -0.2) is 4.39 Å². The van der Waals surface area contributed by atoms with E-state index in [2.05, 4.69) is 5.32 Å². The number of thiophene rings is 1. The van der Waals surface area contributed by atoms with Crippen LogP contribution in [0.1, 0.15) is 31.2 Å². The zero-order valence-electron chi connectivity index (χ0n) is 13.4. The number of amides is 1. The highest BCUT2D eigenvalue weighted by Crippen LogP contribution is 2.16. The Hall–Kier alpha value is -2.79. The van der Waals surface area contributed by atoms with Gasteiger partial charge in [0.1, 0.15) is 5.82 Å². The van der Waals surface area contributed by atoms with Crippen molar-refractivity contribution in [2.24, 2.45) is 0 Å². The van der Waals surface area contributed by atoms with Crippen LogP contribution in [0.15, 0.2) is 66.0 Å². The van der Waals surface area contributed by atoms with Crippen molar-refractivity contribution < 1.29 is 14.0 Å². The van der Waals surface area contributed by atoms with Crippen LogP contribution in [-0.4, -0.2) is 18.2 Å². The molecule has 1 N–H and O–H groups in total. The van der Waals surface area contributed by atoms with Gasteiger partial charge in [0.05, 0.1) is 5.56 Å². The second-order valence-corrected chi connectivity index (χ2v) is 6.50. The first-order valence-corrected chi connectivity index (χ1v) is 8.73. The Bertz CT molecular complexity index is 873. The first kappa shape index (κ1) is 17.0. The molecule has 0 aliphatic rings. The van der Waals surface area contributed by atoms with E-state index in [4.69, 9.17) is 0 Å². The summed E-state index contributed by atoms with van der Waals surface area (Å²) in [4.78, 5) is 26.3. The smallest absolute Gasteiger partial charge is 0.252 e. The number of hydrogen-bond donors (Lipinski definition) is 1. The monoisotopic (exact) mass is 353 g/mol. The summed E-state index contributed by atoms with van der Waals surface area (Å²) in [5.74, 6) is -0.997. The Labute approximate surface area is 149 Å². The third-order valence-electron chi connectivity index (χ3n) is 3.76. The molecule has 0 atom stereocenters. The molecule has 3 rings (SSSR count). The minimum absolute atomic E-state index is 0.289. The summed E-state index contributed by atoms with van der Waals surface area (Å²) in [6, 6.07) is 16.0. The molecule has 0 saturated heterocycles. The summed E-state index contributed by atoms with van der Waals surface area (Å²) >= 11 is 1.64. The zero-order chi connectivity index (χ0) is 17.6. The van der Waals surface area contributed by atoms with Gasteiger partial charge in [0.15, 0.2) is 5.78 Å². The van der Waals surface area contributed by atoms with Crippen LogP contribution < -0.4 is 5.32 Å². The van der Waals surface area contributed by atoms with Crippen molar-refractivity contribution in [3.8, 4) is 0 Å². The van der Waals surface area contributed by atoms with Crippen LogP contribution in [0.25, 0.3) is 0 Å². The van der Waals surface area contributed by atoms with E-state index in [9.17, 15) is 14.0 Å². The van der Waals surface area contributed by atoms with Crippen molar-refractivity contribution in [2.75, 3.05) is 6.54 Å². The average Bonchev–Trinajstić information content (AvgIpc) is 3.15. The molecule has 2 aromatic carbocycles. The predicted octanol–water partition coefficient (Wildman–Crippen LogP) is 4.09. The Morgan fingerprint density at radius 3 is 2.32 bits per heavy atom. The molecule has 0 radical (unpaired) electrons. The number of rotatable bonds is 6. The minimum Gasteiger partial charge on any atom is -0.352 e. The molecule has 0 saturated carbocycles. The van der Waals surface area contributed by atoms with Crippen molar-refractivity contribution in [3.63, 3.8) is 0 Å². The number of carbonyl (C=O) groups excluding carboxylic acids is 2. The lowest BCUT2D eigenvalue weighted by Gasteiger charge is -2.09. The van der Waals surface area contributed by atoms with Crippen LogP contribution in [0.4, 0.5) is 4.39 Å². The Morgan fingerprint density at radius 1 is 0.920 bits per heavy atom. The third-order valence-corrected chi connectivity index (χ3v) is 4.70. The fourth-order valence-electron chi connectivity index (χ4n) is 2.49. The molecule has 0 aliphatic heterocycles. The first-order valence-electron chi connectivity index (χ1n) is 7.85. The van der Waals surface area contributed by atoms with Gasteiger partial charge in [-0.05, 0) is 48.2 Å². The summed E-state index contributed by atoms with van der Waals surface area (Å²) in [6.07, 6.45) is 0.748. The molecule has 1 heterocycles.